The lowest BCUT2D eigenvalue weighted by molar-refractivity contribution is -0.119. The SMILES string of the molecule is CN(CC(F)(F)F)c1snc(N)c1C1CC1. The highest BCUT2D eigenvalue weighted by atomic mass is 32.1. The van der Waals surface area contributed by atoms with E-state index in [9.17, 15) is 13.2 Å². The van der Waals surface area contributed by atoms with Gasteiger partial charge in [-0.05, 0) is 30.3 Å². The summed E-state index contributed by atoms with van der Waals surface area (Å²) in [6, 6.07) is 0. The molecule has 16 heavy (non-hydrogen) atoms. The Kier molecular flexibility index (Phi) is 2.73. The van der Waals surface area contributed by atoms with Gasteiger partial charge in [-0.1, -0.05) is 0 Å². The van der Waals surface area contributed by atoms with E-state index >= 15 is 0 Å². The van der Waals surface area contributed by atoms with Crippen molar-refractivity contribution in [3.8, 4) is 0 Å². The average Bonchev–Trinajstić information content (AvgIpc) is 2.87. The van der Waals surface area contributed by atoms with Crippen molar-refractivity contribution in [1.29, 1.82) is 0 Å². The van der Waals surface area contributed by atoms with Crippen LogP contribution in [0.15, 0.2) is 0 Å². The summed E-state index contributed by atoms with van der Waals surface area (Å²) in [7, 11) is 1.42. The Labute approximate surface area is 95.2 Å². The zero-order chi connectivity index (χ0) is 11.9. The lowest BCUT2D eigenvalue weighted by Gasteiger charge is -2.20. The molecule has 1 aliphatic carbocycles. The fraction of sp³-hybridized carbons (Fsp3) is 0.667. The van der Waals surface area contributed by atoms with Gasteiger partial charge in [0.1, 0.15) is 17.4 Å². The number of nitrogens with two attached hydrogens (primary N) is 1. The van der Waals surface area contributed by atoms with Gasteiger partial charge >= 0.3 is 6.18 Å². The molecule has 3 nitrogen and oxygen atoms in total. The van der Waals surface area contributed by atoms with Gasteiger partial charge in [-0.3, -0.25) is 0 Å². The minimum atomic E-state index is -4.20. The number of aromatic nitrogens is 1. The number of hydrogen-bond acceptors (Lipinski definition) is 4. The van der Waals surface area contributed by atoms with Crippen molar-refractivity contribution in [2.75, 3.05) is 24.2 Å². The topological polar surface area (TPSA) is 42.2 Å². The summed E-state index contributed by atoms with van der Waals surface area (Å²) >= 11 is 1.04. The molecule has 0 atom stereocenters. The van der Waals surface area contributed by atoms with Crippen LogP contribution in [-0.2, 0) is 0 Å². The van der Waals surface area contributed by atoms with Gasteiger partial charge < -0.3 is 10.6 Å². The molecule has 0 spiro atoms. The van der Waals surface area contributed by atoms with Crippen LogP contribution in [0.5, 0.6) is 0 Å². The van der Waals surface area contributed by atoms with E-state index in [0.717, 1.165) is 29.9 Å². The Morgan fingerprint density at radius 2 is 2.12 bits per heavy atom. The molecule has 1 aromatic rings. The third-order valence-electron chi connectivity index (χ3n) is 2.49. The maximum Gasteiger partial charge on any atom is 0.405 e. The molecule has 0 saturated heterocycles. The maximum atomic E-state index is 12.3. The van der Waals surface area contributed by atoms with Gasteiger partial charge in [0, 0.05) is 12.6 Å². The van der Waals surface area contributed by atoms with Crippen molar-refractivity contribution < 1.29 is 13.2 Å². The molecule has 2 N–H and O–H groups in total. The monoisotopic (exact) mass is 251 g/mol. The minimum Gasteiger partial charge on any atom is -0.383 e. The van der Waals surface area contributed by atoms with Crippen LogP contribution in [0.25, 0.3) is 0 Å². The quantitative estimate of drug-likeness (QED) is 0.897. The molecule has 1 fully saturated rings. The second kappa shape index (κ2) is 3.80. The predicted octanol–water partition coefficient (Wildman–Crippen LogP) is 2.60. The van der Waals surface area contributed by atoms with E-state index in [2.05, 4.69) is 4.37 Å². The number of hydrogen-bond donors (Lipinski definition) is 1. The molecule has 0 amide bonds. The summed E-state index contributed by atoms with van der Waals surface area (Å²) in [5.74, 6) is 0.695. The Balaban J connectivity index is 2.19. The van der Waals surface area contributed by atoms with E-state index < -0.39 is 12.7 Å². The first-order chi connectivity index (χ1) is 7.38. The molecule has 1 saturated carbocycles. The van der Waals surface area contributed by atoms with Gasteiger partial charge in [-0.25, -0.2) is 0 Å². The van der Waals surface area contributed by atoms with Crippen LogP contribution >= 0.6 is 11.5 Å². The molecule has 90 valence electrons. The number of halogens is 3. The van der Waals surface area contributed by atoms with E-state index in [4.69, 9.17) is 5.73 Å². The van der Waals surface area contributed by atoms with Gasteiger partial charge in [-0.2, -0.15) is 17.5 Å². The van der Waals surface area contributed by atoms with Crippen LogP contribution in [0.1, 0.15) is 24.3 Å². The van der Waals surface area contributed by atoms with Gasteiger partial charge in [0.15, 0.2) is 0 Å². The highest BCUT2D eigenvalue weighted by Gasteiger charge is 2.35. The van der Waals surface area contributed by atoms with E-state index in [-0.39, 0.29) is 0 Å². The smallest absolute Gasteiger partial charge is 0.383 e. The van der Waals surface area contributed by atoms with Crippen molar-refractivity contribution in [3.05, 3.63) is 5.56 Å². The molecule has 0 bridgehead atoms. The molecule has 1 aromatic heterocycles. The average molecular weight is 251 g/mol. The van der Waals surface area contributed by atoms with Crippen LogP contribution in [-0.4, -0.2) is 24.1 Å². The molecular formula is C9H12F3N3S. The third-order valence-corrected chi connectivity index (χ3v) is 3.48. The zero-order valence-corrected chi connectivity index (χ0v) is 9.53. The second-order valence-corrected chi connectivity index (χ2v) is 4.78. The largest absolute Gasteiger partial charge is 0.405 e. The fourth-order valence-corrected chi connectivity index (χ4v) is 2.53. The molecule has 1 aliphatic rings. The zero-order valence-electron chi connectivity index (χ0n) is 8.71. The lowest BCUT2D eigenvalue weighted by atomic mass is 10.2. The summed E-state index contributed by atoms with van der Waals surface area (Å²) in [5, 5.41) is 0.553. The summed E-state index contributed by atoms with van der Waals surface area (Å²) in [6.07, 6.45) is -2.21. The van der Waals surface area contributed by atoms with E-state index in [1.807, 2.05) is 0 Å². The molecule has 0 radical (unpaired) electrons. The van der Waals surface area contributed by atoms with Gasteiger partial charge in [0.05, 0.1) is 0 Å². The Morgan fingerprint density at radius 1 is 1.50 bits per heavy atom. The molecule has 0 aliphatic heterocycles. The summed E-state index contributed by atoms with van der Waals surface area (Å²) in [6.45, 7) is -0.964. The number of anilines is 2. The van der Waals surface area contributed by atoms with E-state index in [1.54, 1.807) is 0 Å². The van der Waals surface area contributed by atoms with Crippen molar-refractivity contribution in [1.82, 2.24) is 4.37 Å². The first-order valence-electron chi connectivity index (χ1n) is 4.91. The van der Waals surface area contributed by atoms with Gasteiger partial charge in [0.25, 0.3) is 0 Å². The Morgan fingerprint density at radius 3 is 2.62 bits per heavy atom. The second-order valence-electron chi connectivity index (χ2n) is 4.03. The highest BCUT2D eigenvalue weighted by molar-refractivity contribution is 7.10. The number of nitrogen functional groups attached to an aromatic ring is 1. The maximum absolute atomic E-state index is 12.3. The summed E-state index contributed by atoms with van der Waals surface area (Å²) in [5.41, 5.74) is 6.48. The van der Waals surface area contributed by atoms with E-state index in [0.29, 0.717) is 16.7 Å². The van der Waals surface area contributed by atoms with Crippen LogP contribution in [0, 0.1) is 0 Å². The molecule has 7 heteroatoms. The Bertz CT molecular complexity index is 384. The van der Waals surface area contributed by atoms with Crippen molar-refractivity contribution in [3.63, 3.8) is 0 Å². The molecule has 1 heterocycles. The number of alkyl halides is 3. The first kappa shape index (κ1) is 11.5. The van der Waals surface area contributed by atoms with Crippen molar-refractivity contribution in [2.24, 2.45) is 0 Å². The normalized spacial score (nSPS) is 16.5. The first-order valence-corrected chi connectivity index (χ1v) is 5.69. The van der Waals surface area contributed by atoms with E-state index in [1.165, 1.54) is 11.9 Å². The fourth-order valence-electron chi connectivity index (χ4n) is 1.67. The third kappa shape index (κ3) is 2.40. The number of nitrogens with zero attached hydrogens (tertiary/aromatic N) is 2. The van der Waals surface area contributed by atoms with Gasteiger partial charge in [0.2, 0.25) is 0 Å². The Hall–Kier alpha value is -0.980. The molecule has 0 unspecified atom stereocenters. The lowest BCUT2D eigenvalue weighted by Crippen LogP contribution is -2.30. The number of rotatable bonds is 3. The highest BCUT2D eigenvalue weighted by Crippen LogP contribution is 2.48. The van der Waals surface area contributed by atoms with Crippen LogP contribution in [0.2, 0.25) is 0 Å². The van der Waals surface area contributed by atoms with Crippen molar-refractivity contribution >= 4 is 22.4 Å². The van der Waals surface area contributed by atoms with Crippen LogP contribution < -0.4 is 10.6 Å². The van der Waals surface area contributed by atoms with Gasteiger partial charge in [-0.15, -0.1) is 0 Å². The van der Waals surface area contributed by atoms with Crippen LogP contribution in [0.3, 0.4) is 0 Å². The standard InChI is InChI=1S/C9H12F3N3S/c1-15(4-9(10,11)12)8-6(5-2-3-5)7(13)14-16-8/h5H,2-4H2,1H3,(H2,13,14). The minimum absolute atomic E-state index is 0.310. The summed E-state index contributed by atoms with van der Waals surface area (Å²) < 4.78 is 40.7. The van der Waals surface area contributed by atoms with Crippen LogP contribution in [0.4, 0.5) is 24.0 Å². The predicted molar refractivity (Wildman–Crippen MR) is 57.8 cm³/mol. The molecular weight excluding hydrogens is 239 g/mol. The molecule has 0 aromatic carbocycles. The van der Waals surface area contributed by atoms with Crippen molar-refractivity contribution in [2.45, 2.75) is 24.9 Å². The molecule has 2 rings (SSSR count). The summed E-state index contributed by atoms with van der Waals surface area (Å²) in [4.78, 5) is 1.18.